The summed E-state index contributed by atoms with van der Waals surface area (Å²) in [5.74, 6) is -0.118. The van der Waals surface area contributed by atoms with E-state index in [2.05, 4.69) is 0 Å². The molecule has 138 valence electrons. The van der Waals surface area contributed by atoms with Crippen LogP contribution in [0.3, 0.4) is 0 Å². The van der Waals surface area contributed by atoms with Crippen LogP contribution in [0.25, 0.3) is 10.8 Å². The fourth-order valence-electron chi connectivity index (χ4n) is 3.47. The third kappa shape index (κ3) is 2.68. The molecule has 0 bridgehead atoms. The van der Waals surface area contributed by atoms with Crippen LogP contribution in [-0.4, -0.2) is 20.9 Å². The standard InChI is InChI=1S/C21H19NO4S/c1-13-10-11-14(2)21(15(13)3)26-19(23)12-22-17-8-4-6-16-7-5-9-18(20(16)17)27(22,24)25/h4-11H,12H2,1-3H3. The van der Waals surface area contributed by atoms with Crippen LogP contribution >= 0.6 is 0 Å². The number of hydrogen-bond acceptors (Lipinski definition) is 4. The van der Waals surface area contributed by atoms with E-state index >= 15 is 0 Å². The third-order valence-electron chi connectivity index (χ3n) is 5.04. The number of hydrogen-bond donors (Lipinski definition) is 0. The Labute approximate surface area is 158 Å². The maximum Gasteiger partial charge on any atom is 0.332 e. The monoisotopic (exact) mass is 381 g/mol. The summed E-state index contributed by atoms with van der Waals surface area (Å²) >= 11 is 0. The number of benzene rings is 3. The van der Waals surface area contributed by atoms with Gasteiger partial charge in [0.1, 0.15) is 12.3 Å². The maximum atomic E-state index is 13.0. The summed E-state index contributed by atoms with van der Waals surface area (Å²) in [6.45, 7) is 5.31. The van der Waals surface area contributed by atoms with Gasteiger partial charge < -0.3 is 4.74 Å². The van der Waals surface area contributed by atoms with Gasteiger partial charge in [0.05, 0.1) is 10.6 Å². The van der Waals surface area contributed by atoms with Crippen LogP contribution in [0.15, 0.2) is 53.4 Å². The Morgan fingerprint density at radius 1 is 0.963 bits per heavy atom. The predicted octanol–water partition coefficient (Wildman–Crippen LogP) is 3.88. The Bertz CT molecular complexity index is 1190. The van der Waals surface area contributed by atoms with Crippen LogP contribution in [-0.2, 0) is 14.8 Å². The van der Waals surface area contributed by atoms with E-state index in [1.165, 1.54) is 0 Å². The molecule has 1 heterocycles. The second-order valence-electron chi connectivity index (χ2n) is 6.77. The fourth-order valence-corrected chi connectivity index (χ4v) is 5.13. The molecule has 0 unspecified atom stereocenters. The number of anilines is 1. The Morgan fingerprint density at radius 3 is 2.37 bits per heavy atom. The predicted molar refractivity (Wildman–Crippen MR) is 105 cm³/mol. The molecule has 3 aromatic carbocycles. The van der Waals surface area contributed by atoms with Crippen molar-refractivity contribution in [2.45, 2.75) is 25.7 Å². The Hall–Kier alpha value is -2.86. The summed E-state index contributed by atoms with van der Waals surface area (Å²) in [6, 6.07) is 14.3. The highest BCUT2D eigenvalue weighted by Crippen LogP contribution is 2.41. The van der Waals surface area contributed by atoms with Crippen LogP contribution in [0.2, 0.25) is 0 Å². The number of carbonyl (C=O) groups is 1. The lowest BCUT2D eigenvalue weighted by Gasteiger charge is -2.19. The first kappa shape index (κ1) is 17.5. The second kappa shape index (κ2) is 6.09. The lowest BCUT2D eigenvalue weighted by Crippen LogP contribution is -2.35. The minimum Gasteiger partial charge on any atom is -0.425 e. The number of rotatable bonds is 3. The second-order valence-corrected chi connectivity index (χ2v) is 8.60. The maximum absolute atomic E-state index is 13.0. The van der Waals surface area contributed by atoms with E-state index in [4.69, 9.17) is 4.74 Å². The van der Waals surface area contributed by atoms with Crippen LogP contribution < -0.4 is 9.04 Å². The minimum atomic E-state index is -3.78. The normalized spacial score (nSPS) is 14.6. The molecule has 1 aliphatic rings. The molecule has 0 saturated heterocycles. The van der Waals surface area contributed by atoms with Gasteiger partial charge in [0.15, 0.2) is 0 Å². The van der Waals surface area contributed by atoms with Gasteiger partial charge in [-0.15, -0.1) is 0 Å². The molecule has 3 aromatic rings. The van der Waals surface area contributed by atoms with E-state index in [9.17, 15) is 13.2 Å². The van der Waals surface area contributed by atoms with Crippen molar-refractivity contribution < 1.29 is 17.9 Å². The van der Waals surface area contributed by atoms with Crippen molar-refractivity contribution in [2.75, 3.05) is 10.8 Å². The van der Waals surface area contributed by atoms with Crippen molar-refractivity contribution in [2.24, 2.45) is 0 Å². The average Bonchev–Trinajstić information content (AvgIpc) is 2.85. The summed E-state index contributed by atoms with van der Waals surface area (Å²) in [6.07, 6.45) is 0. The van der Waals surface area contributed by atoms with Gasteiger partial charge in [-0.2, -0.15) is 0 Å². The van der Waals surface area contributed by atoms with Crippen LogP contribution in [0.1, 0.15) is 16.7 Å². The molecular formula is C21H19NO4S. The smallest absolute Gasteiger partial charge is 0.332 e. The first-order chi connectivity index (χ1) is 12.8. The highest BCUT2D eigenvalue weighted by Gasteiger charge is 2.37. The largest absolute Gasteiger partial charge is 0.425 e. The molecule has 4 rings (SSSR count). The van der Waals surface area contributed by atoms with E-state index in [0.717, 1.165) is 26.4 Å². The highest BCUT2D eigenvalue weighted by atomic mass is 32.2. The van der Waals surface area contributed by atoms with Gasteiger partial charge in [0.25, 0.3) is 10.0 Å². The average molecular weight is 381 g/mol. The van der Waals surface area contributed by atoms with Gasteiger partial charge in [0, 0.05) is 5.39 Å². The number of sulfonamides is 1. The molecule has 0 radical (unpaired) electrons. The molecule has 0 saturated carbocycles. The lowest BCUT2D eigenvalue weighted by molar-refractivity contribution is -0.132. The molecule has 1 aliphatic heterocycles. The molecule has 0 amide bonds. The number of ether oxygens (including phenoxy) is 1. The minimum absolute atomic E-state index is 0.228. The van der Waals surface area contributed by atoms with Crippen molar-refractivity contribution in [3.8, 4) is 5.75 Å². The van der Waals surface area contributed by atoms with Crippen molar-refractivity contribution in [3.05, 3.63) is 65.2 Å². The van der Waals surface area contributed by atoms with E-state index in [-0.39, 0.29) is 11.4 Å². The van der Waals surface area contributed by atoms with E-state index in [0.29, 0.717) is 16.8 Å². The third-order valence-corrected chi connectivity index (χ3v) is 6.85. The summed E-state index contributed by atoms with van der Waals surface area (Å²) in [5.41, 5.74) is 3.23. The molecule has 27 heavy (non-hydrogen) atoms. The highest BCUT2D eigenvalue weighted by molar-refractivity contribution is 7.93. The zero-order chi connectivity index (χ0) is 19.3. The van der Waals surface area contributed by atoms with Crippen molar-refractivity contribution >= 4 is 32.5 Å². The zero-order valence-corrected chi connectivity index (χ0v) is 16.1. The van der Waals surface area contributed by atoms with Gasteiger partial charge >= 0.3 is 5.97 Å². The molecule has 0 spiro atoms. The van der Waals surface area contributed by atoms with Gasteiger partial charge in [-0.05, 0) is 55.0 Å². The molecule has 0 fully saturated rings. The summed E-state index contributed by atoms with van der Waals surface area (Å²) < 4.78 is 32.6. The number of carbonyl (C=O) groups excluding carboxylic acids is 1. The summed E-state index contributed by atoms with van der Waals surface area (Å²) in [5, 5.41) is 1.48. The Balaban J connectivity index is 1.69. The first-order valence-corrected chi connectivity index (χ1v) is 10.1. The quantitative estimate of drug-likeness (QED) is 0.510. The SMILES string of the molecule is Cc1ccc(C)c(OC(=O)CN2c3cccc4cccc(c34)S2(=O)=O)c1C. The van der Waals surface area contributed by atoms with Crippen LogP contribution in [0.5, 0.6) is 5.75 Å². The van der Waals surface area contributed by atoms with Crippen molar-refractivity contribution in [1.29, 1.82) is 0 Å². The molecule has 6 heteroatoms. The Morgan fingerprint density at radius 2 is 1.63 bits per heavy atom. The molecule has 0 aliphatic carbocycles. The van der Waals surface area contributed by atoms with Gasteiger partial charge in [0.2, 0.25) is 0 Å². The van der Waals surface area contributed by atoms with Crippen molar-refractivity contribution in [1.82, 2.24) is 0 Å². The lowest BCUT2D eigenvalue weighted by atomic mass is 10.1. The topological polar surface area (TPSA) is 63.7 Å². The van der Waals surface area contributed by atoms with Crippen molar-refractivity contribution in [3.63, 3.8) is 0 Å². The molecular weight excluding hydrogens is 362 g/mol. The molecule has 0 N–H and O–H groups in total. The summed E-state index contributed by atoms with van der Waals surface area (Å²) in [7, 11) is -3.78. The van der Waals surface area contributed by atoms with Crippen LogP contribution in [0.4, 0.5) is 5.69 Å². The van der Waals surface area contributed by atoms with Gasteiger partial charge in [-0.3, -0.25) is 4.31 Å². The Kier molecular flexibility index (Phi) is 3.96. The number of nitrogens with zero attached hydrogens (tertiary/aromatic N) is 1. The van der Waals surface area contributed by atoms with Gasteiger partial charge in [-0.1, -0.05) is 36.4 Å². The number of aryl methyl sites for hydroxylation is 2. The van der Waals surface area contributed by atoms with E-state index in [1.54, 1.807) is 24.3 Å². The van der Waals surface area contributed by atoms with E-state index < -0.39 is 16.0 Å². The number of esters is 1. The summed E-state index contributed by atoms with van der Waals surface area (Å²) in [4.78, 5) is 12.8. The molecule has 0 aromatic heterocycles. The van der Waals surface area contributed by atoms with Crippen LogP contribution in [0, 0.1) is 20.8 Å². The van der Waals surface area contributed by atoms with E-state index in [1.807, 2.05) is 45.0 Å². The van der Waals surface area contributed by atoms with Gasteiger partial charge in [-0.25, -0.2) is 13.2 Å². The fraction of sp³-hybridized carbons (Fsp3) is 0.190. The zero-order valence-electron chi connectivity index (χ0n) is 15.3. The first-order valence-electron chi connectivity index (χ1n) is 8.62. The molecule has 0 atom stereocenters. The molecule has 5 nitrogen and oxygen atoms in total.